The van der Waals surface area contributed by atoms with Gasteiger partial charge in [-0.25, -0.2) is 19.9 Å². The van der Waals surface area contributed by atoms with Crippen molar-refractivity contribution in [2.75, 3.05) is 11.5 Å². The Kier molecular flexibility index (Phi) is 4.83. The molecule has 0 aliphatic rings. The highest BCUT2D eigenvalue weighted by atomic mass is 35.5. The van der Waals surface area contributed by atoms with Gasteiger partial charge in [-0.05, 0) is 18.2 Å². The minimum atomic E-state index is 0.206. The summed E-state index contributed by atoms with van der Waals surface area (Å²) in [5.41, 5.74) is 11.2. The maximum absolute atomic E-state index is 5.41. The van der Waals surface area contributed by atoms with Crippen molar-refractivity contribution in [1.29, 1.82) is 0 Å². The van der Waals surface area contributed by atoms with E-state index in [4.69, 9.17) is 23.1 Å². The maximum atomic E-state index is 5.41. The lowest BCUT2D eigenvalue weighted by Gasteiger charge is -1.90. The number of hydrogen-bond donors (Lipinski definition) is 2. The van der Waals surface area contributed by atoms with Crippen LogP contribution >= 0.6 is 11.6 Å². The second-order valence-electron chi connectivity index (χ2n) is 2.78. The van der Waals surface area contributed by atoms with E-state index in [0.29, 0.717) is 5.15 Å². The average Bonchev–Trinajstić information content (AvgIpc) is 2.29. The highest BCUT2D eigenvalue weighted by molar-refractivity contribution is 6.29. The van der Waals surface area contributed by atoms with Crippen LogP contribution in [0.5, 0.6) is 0 Å². The van der Waals surface area contributed by atoms with Gasteiger partial charge in [0.1, 0.15) is 5.15 Å². The summed E-state index contributed by atoms with van der Waals surface area (Å²) in [4.78, 5) is 14.8. The highest BCUT2D eigenvalue weighted by Gasteiger charge is 1.87. The highest BCUT2D eigenvalue weighted by Crippen LogP contribution is 2.01. The molecule has 0 unspecified atom stereocenters. The number of nitrogens with zero attached hydrogens (tertiary/aromatic N) is 4. The fourth-order valence-electron chi connectivity index (χ4n) is 0.853. The molecule has 4 N–H and O–H groups in total. The van der Waals surface area contributed by atoms with E-state index in [2.05, 4.69) is 26.5 Å². The molecular weight excluding hydrogens is 240 g/mol. The van der Waals surface area contributed by atoms with E-state index in [0.717, 1.165) is 5.69 Å². The topological polar surface area (TPSA) is 104 Å². The first-order valence-electron chi connectivity index (χ1n) is 4.57. The minimum absolute atomic E-state index is 0.206. The van der Waals surface area contributed by atoms with E-state index in [1.165, 1.54) is 6.20 Å². The molecule has 2 rings (SSSR count). The van der Waals surface area contributed by atoms with E-state index in [-0.39, 0.29) is 11.9 Å². The van der Waals surface area contributed by atoms with Crippen molar-refractivity contribution in [2.45, 2.75) is 0 Å². The second kappa shape index (κ2) is 6.39. The summed E-state index contributed by atoms with van der Waals surface area (Å²) in [5.74, 6) is 0.491. The number of nitrogen functional groups attached to an aromatic ring is 2. The van der Waals surface area contributed by atoms with Crippen molar-refractivity contribution < 1.29 is 0 Å². The Hall–Kier alpha value is -2.21. The SMILES string of the molecule is C=Cc1ccnc(N)n1.Nc1nccc(Cl)n1. The van der Waals surface area contributed by atoms with E-state index >= 15 is 0 Å². The molecule has 0 aliphatic heterocycles. The second-order valence-corrected chi connectivity index (χ2v) is 3.17. The molecule has 0 fully saturated rings. The van der Waals surface area contributed by atoms with Gasteiger partial charge in [0.2, 0.25) is 11.9 Å². The molecule has 0 radical (unpaired) electrons. The van der Waals surface area contributed by atoms with E-state index in [1.54, 1.807) is 24.4 Å². The third kappa shape index (κ3) is 4.89. The van der Waals surface area contributed by atoms with E-state index in [1.807, 2.05) is 0 Å². The van der Waals surface area contributed by atoms with Crippen LogP contribution in [0.25, 0.3) is 6.08 Å². The molecule has 0 aromatic carbocycles. The molecule has 0 saturated carbocycles. The number of anilines is 2. The zero-order valence-electron chi connectivity index (χ0n) is 8.92. The lowest BCUT2D eigenvalue weighted by Crippen LogP contribution is -1.93. The average molecular weight is 251 g/mol. The molecule has 2 aromatic rings. The van der Waals surface area contributed by atoms with Crippen LogP contribution in [-0.4, -0.2) is 19.9 Å². The quantitative estimate of drug-likeness (QED) is 0.742. The van der Waals surface area contributed by atoms with Crippen molar-refractivity contribution in [3.05, 3.63) is 42.0 Å². The van der Waals surface area contributed by atoms with E-state index in [9.17, 15) is 0 Å². The Morgan fingerprint density at radius 1 is 1.06 bits per heavy atom. The Bertz CT molecular complexity index is 484. The first-order chi connectivity index (χ1) is 8.11. The van der Waals surface area contributed by atoms with Crippen LogP contribution in [0.2, 0.25) is 5.15 Å². The van der Waals surface area contributed by atoms with Crippen LogP contribution in [-0.2, 0) is 0 Å². The van der Waals surface area contributed by atoms with Gasteiger partial charge in [0, 0.05) is 12.4 Å². The smallest absolute Gasteiger partial charge is 0.221 e. The van der Waals surface area contributed by atoms with Crippen LogP contribution in [0.15, 0.2) is 31.1 Å². The summed E-state index contributed by atoms with van der Waals surface area (Å²) in [6.45, 7) is 3.53. The molecular formula is C10H11ClN6. The van der Waals surface area contributed by atoms with Crippen LogP contribution in [0.3, 0.4) is 0 Å². The van der Waals surface area contributed by atoms with Crippen molar-refractivity contribution >= 4 is 29.6 Å². The summed E-state index contributed by atoms with van der Waals surface area (Å²) in [6.07, 6.45) is 4.72. The Morgan fingerprint density at radius 2 is 1.65 bits per heavy atom. The number of nitrogens with two attached hydrogens (primary N) is 2. The van der Waals surface area contributed by atoms with Gasteiger partial charge in [-0.2, -0.15) is 0 Å². The lowest BCUT2D eigenvalue weighted by atomic mass is 10.4. The molecule has 0 amide bonds. The monoisotopic (exact) mass is 250 g/mol. The van der Waals surface area contributed by atoms with Gasteiger partial charge in [-0.3, -0.25) is 0 Å². The third-order valence-electron chi connectivity index (χ3n) is 1.55. The predicted octanol–water partition coefficient (Wildman–Crippen LogP) is 1.41. The summed E-state index contributed by atoms with van der Waals surface area (Å²) >= 11 is 5.41. The van der Waals surface area contributed by atoms with Gasteiger partial charge >= 0.3 is 0 Å². The number of hydrogen-bond acceptors (Lipinski definition) is 6. The number of aromatic nitrogens is 4. The summed E-state index contributed by atoms with van der Waals surface area (Å²) < 4.78 is 0. The lowest BCUT2D eigenvalue weighted by molar-refractivity contribution is 1.17. The zero-order valence-corrected chi connectivity index (χ0v) is 9.67. The maximum Gasteiger partial charge on any atom is 0.221 e. The van der Waals surface area contributed by atoms with E-state index < -0.39 is 0 Å². The first kappa shape index (κ1) is 12.9. The predicted molar refractivity (Wildman–Crippen MR) is 68.0 cm³/mol. The number of halogens is 1. The molecule has 2 aromatic heterocycles. The number of rotatable bonds is 1. The van der Waals surface area contributed by atoms with Crippen molar-refractivity contribution in [3.63, 3.8) is 0 Å². The molecule has 0 spiro atoms. The fourth-order valence-corrected chi connectivity index (χ4v) is 0.996. The van der Waals surface area contributed by atoms with Gasteiger partial charge < -0.3 is 11.5 Å². The van der Waals surface area contributed by atoms with Gasteiger partial charge in [-0.1, -0.05) is 18.2 Å². The summed E-state index contributed by atoms with van der Waals surface area (Å²) in [7, 11) is 0. The van der Waals surface area contributed by atoms with Crippen LogP contribution < -0.4 is 11.5 Å². The van der Waals surface area contributed by atoms with Crippen LogP contribution in [0, 0.1) is 0 Å². The molecule has 2 heterocycles. The molecule has 0 bridgehead atoms. The Morgan fingerprint density at radius 3 is 2.00 bits per heavy atom. The molecule has 7 heteroatoms. The molecule has 0 saturated heterocycles. The normalized spacial score (nSPS) is 9.00. The zero-order chi connectivity index (χ0) is 12.7. The van der Waals surface area contributed by atoms with Crippen molar-refractivity contribution in [3.8, 4) is 0 Å². The Labute approximate surface area is 103 Å². The summed E-state index contributed by atoms with van der Waals surface area (Å²) in [5, 5.41) is 0.373. The van der Waals surface area contributed by atoms with Crippen molar-refractivity contribution in [2.24, 2.45) is 0 Å². The Balaban J connectivity index is 0.000000171. The largest absolute Gasteiger partial charge is 0.368 e. The van der Waals surface area contributed by atoms with Gasteiger partial charge in [-0.15, -0.1) is 0 Å². The molecule has 17 heavy (non-hydrogen) atoms. The fraction of sp³-hybridized carbons (Fsp3) is 0. The molecule has 0 aliphatic carbocycles. The molecule has 6 nitrogen and oxygen atoms in total. The summed E-state index contributed by atoms with van der Waals surface area (Å²) in [6, 6.07) is 3.31. The third-order valence-corrected chi connectivity index (χ3v) is 1.76. The van der Waals surface area contributed by atoms with Crippen LogP contribution in [0.1, 0.15) is 5.69 Å². The standard InChI is InChI=1S/C6H7N3.C4H4ClN3/c1-2-5-3-4-8-6(7)9-5;5-3-1-2-7-4(6)8-3/h2-4H,1H2,(H2,7,8,9);1-2H,(H2,6,7,8). The molecule has 0 atom stereocenters. The van der Waals surface area contributed by atoms with Crippen molar-refractivity contribution in [1.82, 2.24) is 19.9 Å². The van der Waals surface area contributed by atoms with Crippen LogP contribution in [0.4, 0.5) is 11.9 Å². The molecule has 88 valence electrons. The minimum Gasteiger partial charge on any atom is -0.368 e. The van der Waals surface area contributed by atoms with Gasteiger partial charge in [0.25, 0.3) is 0 Å². The first-order valence-corrected chi connectivity index (χ1v) is 4.94. The van der Waals surface area contributed by atoms with Gasteiger partial charge in [0.05, 0.1) is 5.69 Å². The van der Waals surface area contributed by atoms with Gasteiger partial charge in [0.15, 0.2) is 0 Å².